The predicted octanol–water partition coefficient (Wildman–Crippen LogP) is 4.15. The first-order chi connectivity index (χ1) is 10.2. The summed E-state index contributed by atoms with van der Waals surface area (Å²) in [6, 6.07) is 6.10. The molecule has 0 spiro atoms. The summed E-state index contributed by atoms with van der Waals surface area (Å²) in [6.07, 6.45) is 7.70. The molecule has 1 amide bonds. The Hall–Kier alpha value is -1.46. The minimum Gasteiger partial charge on any atom is -0.266 e. The number of rotatable bonds is 3. The lowest BCUT2D eigenvalue weighted by atomic mass is 10.1. The molecule has 2 aromatic rings. The molecule has 110 valence electrons. The molecule has 3 nitrogen and oxygen atoms in total. The molecule has 0 bridgehead atoms. The minimum atomic E-state index is -0.0994. The molecule has 1 N–H and O–H groups in total. The smallest absolute Gasteiger partial charge is 0.266 e. The first kappa shape index (κ1) is 14.5. The number of aryl methyl sites for hydroxylation is 3. The van der Waals surface area contributed by atoms with Crippen molar-refractivity contribution in [2.45, 2.75) is 39.0 Å². The van der Waals surface area contributed by atoms with E-state index < -0.39 is 0 Å². The lowest BCUT2D eigenvalue weighted by molar-refractivity contribution is 0.0959. The summed E-state index contributed by atoms with van der Waals surface area (Å²) >= 11 is 3.29. The first-order valence-corrected chi connectivity index (χ1v) is 8.87. The lowest BCUT2D eigenvalue weighted by Crippen LogP contribution is -2.16. The van der Waals surface area contributed by atoms with Crippen molar-refractivity contribution in [1.29, 1.82) is 0 Å². The van der Waals surface area contributed by atoms with Crippen molar-refractivity contribution in [1.82, 2.24) is 5.43 Å². The average molecular weight is 318 g/mol. The highest BCUT2D eigenvalue weighted by Gasteiger charge is 2.15. The van der Waals surface area contributed by atoms with E-state index in [1.165, 1.54) is 34.6 Å². The zero-order valence-corrected chi connectivity index (χ0v) is 13.6. The quantitative estimate of drug-likeness (QED) is 0.515. The largest absolute Gasteiger partial charge is 0.281 e. The van der Waals surface area contributed by atoms with E-state index in [0.717, 1.165) is 22.6 Å². The van der Waals surface area contributed by atoms with Gasteiger partial charge in [-0.3, -0.25) is 4.79 Å². The van der Waals surface area contributed by atoms with Gasteiger partial charge in [-0.05, 0) is 56.4 Å². The Bertz CT molecular complexity index is 646. The van der Waals surface area contributed by atoms with Crippen molar-refractivity contribution in [2.24, 2.45) is 5.10 Å². The second-order valence-corrected chi connectivity index (χ2v) is 7.72. The molecule has 0 unspecified atom stereocenters. The van der Waals surface area contributed by atoms with Crippen LogP contribution in [0.5, 0.6) is 0 Å². The molecule has 1 aliphatic carbocycles. The van der Waals surface area contributed by atoms with Gasteiger partial charge in [-0.1, -0.05) is 6.42 Å². The highest BCUT2D eigenvalue weighted by molar-refractivity contribution is 7.14. The molecule has 0 aromatic carbocycles. The molecule has 3 rings (SSSR count). The Morgan fingerprint density at radius 3 is 2.90 bits per heavy atom. The molecule has 0 aliphatic heterocycles. The number of hydrazone groups is 1. The fourth-order valence-corrected chi connectivity index (χ4v) is 4.40. The van der Waals surface area contributed by atoms with Gasteiger partial charge in [0.05, 0.1) is 11.1 Å². The van der Waals surface area contributed by atoms with Crippen molar-refractivity contribution in [3.63, 3.8) is 0 Å². The van der Waals surface area contributed by atoms with E-state index in [1.54, 1.807) is 28.9 Å². The van der Waals surface area contributed by atoms with E-state index in [2.05, 4.69) is 17.5 Å². The zero-order valence-electron chi connectivity index (χ0n) is 12.0. The van der Waals surface area contributed by atoms with Crippen LogP contribution in [0.4, 0.5) is 0 Å². The first-order valence-electron chi connectivity index (χ1n) is 7.24. The van der Waals surface area contributed by atoms with Crippen LogP contribution in [0.25, 0.3) is 0 Å². The molecule has 2 heterocycles. The van der Waals surface area contributed by atoms with Gasteiger partial charge >= 0.3 is 0 Å². The number of carbonyl (C=O) groups excluding carboxylic acids is 1. The summed E-state index contributed by atoms with van der Waals surface area (Å²) in [5.41, 5.74) is 3.99. The van der Waals surface area contributed by atoms with Gasteiger partial charge in [0.1, 0.15) is 0 Å². The van der Waals surface area contributed by atoms with Crippen LogP contribution in [-0.4, -0.2) is 12.1 Å². The van der Waals surface area contributed by atoms with Gasteiger partial charge in [0.25, 0.3) is 5.91 Å². The van der Waals surface area contributed by atoms with Gasteiger partial charge in [-0.25, -0.2) is 5.43 Å². The van der Waals surface area contributed by atoms with Crippen LogP contribution in [-0.2, 0) is 12.8 Å². The number of carbonyl (C=O) groups is 1. The number of nitrogens with zero attached hydrogens (tertiary/aromatic N) is 1. The Kier molecular flexibility index (Phi) is 4.51. The Balaban J connectivity index is 1.64. The number of nitrogens with one attached hydrogen (secondary N) is 1. The molecule has 0 fully saturated rings. The molecule has 0 radical (unpaired) electrons. The summed E-state index contributed by atoms with van der Waals surface area (Å²) in [4.78, 5) is 16.6. The molecule has 5 heteroatoms. The van der Waals surface area contributed by atoms with Gasteiger partial charge in [0, 0.05) is 14.6 Å². The maximum atomic E-state index is 12.1. The van der Waals surface area contributed by atoms with Crippen LogP contribution >= 0.6 is 22.7 Å². The number of fused-ring (bicyclic) bond motifs is 1. The Morgan fingerprint density at radius 2 is 2.10 bits per heavy atom. The standard InChI is InChI=1S/C16H18N2OS2/c1-11-7-8-13(20-11)10-17-18-16(19)15-9-12-5-3-2-4-6-14(12)21-15/h7-10H,2-6H2,1H3,(H,18,19)/b17-10-. The van der Waals surface area contributed by atoms with Crippen LogP contribution in [0.2, 0.25) is 0 Å². The highest BCUT2D eigenvalue weighted by Crippen LogP contribution is 2.28. The second kappa shape index (κ2) is 6.54. The van der Waals surface area contributed by atoms with E-state index in [-0.39, 0.29) is 5.91 Å². The van der Waals surface area contributed by atoms with Gasteiger partial charge in [0.2, 0.25) is 0 Å². The third-order valence-electron chi connectivity index (χ3n) is 3.59. The topological polar surface area (TPSA) is 41.5 Å². The van der Waals surface area contributed by atoms with Gasteiger partial charge < -0.3 is 0 Å². The summed E-state index contributed by atoms with van der Waals surface area (Å²) in [6.45, 7) is 2.05. The van der Waals surface area contributed by atoms with Crippen LogP contribution in [0.15, 0.2) is 23.3 Å². The molecular weight excluding hydrogens is 300 g/mol. The van der Waals surface area contributed by atoms with Crippen LogP contribution < -0.4 is 5.43 Å². The Morgan fingerprint density at radius 1 is 1.24 bits per heavy atom. The van der Waals surface area contributed by atoms with Crippen molar-refractivity contribution >= 4 is 34.8 Å². The number of thiophene rings is 2. The van der Waals surface area contributed by atoms with Gasteiger partial charge in [0.15, 0.2) is 0 Å². The van der Waals surface area contributed by atoms with E-state index in [4.69, 9.17) is 0 Å². The predicted molar refractivity (Wildman–Crippen MR) is 89.7 cm³/mol. The molecule has 21 heavy (non-hydrogen) atoms. The van der Waals surface area contributed by atoms with Crippen molar-refractivity contribution in [3.8, 4) is 0 Å². The molecule has 1 aliphatic rings. The molecule has 0 saturated carbocycles. The monoisotopic (exact) mass is 318 g/mol. The fraction of sp³-hybridized carbons (Fsp3) is 0.375. The maximum absolute atomic E-state index is 12.1. The van der Waals surface area contributed by atoms with Crippen LogP contribution in [0.1, 0.15) is 49.1 Å². The zero-order chi connectivity index (χ0) is 14.7. The van der Waals surface area contributed by atoms with Crippen molar-refractivity contribution in [2.75, 3.05) is 0 Å². The van der Waals surface area contributed by atoms with E-state index in [1.807, 2.05) is 18.2 Å². The SMILES string of the molecule is Cc1ccc(/C=N\NC(=O)c2cc3c(s2)CCCCC3)s1. The summed E-state index contributed by atoms with van der Waals surface area (Å²) in [7, 11) is 0. The molecule has 0 saturated heterocycles. The summed E-state index contributed by atoms with van der Waals surface area (Å²) in [5.74, 6) is -0.0994. The highest BCUT2D eigenvalue weighted by atomic mass is 32.1. The van der Waals surface area contributed by atoms with Crippen LogP contribution in [0.3, 0.4) is 0 Å². The van der Waals surface area contributed by atoms with Gasteiger partial charge in [-0.15, -0.1) is 22.7 Å². The number of hydrogen-bond acceptors (Lipinski definition) is 4. The summed E-state index contributed by atoms with van der Waals surface area (Å²) in [5, 5.41) is 4.05. The second-order valence-electron chi connectivity index (χ2n) is 5.27. The molecule has 2 aromatic heterocycles. The normalized spacial score (nSPS) is 14.9. The van der Waals surface area contributed by atoms with Gasteiger partial charge in [-0.2, -0.15) is 5.10 Å². The van der Waals surface area contributed by atoms with Crippen molar-refractivity contribution < 1.29 is 4.79 Å². The maximum Gasteiger partial charge on any atom is 0.281 e. The fourth-order valence-electron chi connectivity index (χ4n) is 2.51. The lowest BCUT2D eigenvalue weighted by Gasteiger charge is -1.95. The molecular formula is C16H18N2OS2. The van der Waals surface area contributed by atoms with E-state index in [0.29, 0.717) is 0 Å². The van der Waals surface area contributed by atoms with E-state index in [9.17, 15) is 4.79 Å². The molecule has 0 atom stereocenters. The Labute approximate surface area is 132 Å². The van der Waals surface area contributed by atoms with E-state index >= 15 is 0 Å². The van der Waals surface area contributed by atoms with Crippen molar-refractivity contribution in [3.05, 3.63) is 43.3 Å². The number of hydrogen-bond donors (Lipinski definition) is 1. The number of amides is 1. The average Bonchev–Trinajstić information content (AvgIpc) is 3.00. The summed E-state index contributed by atoms with van der Waals surface area (Å²) < 4.78 is 0. The third-order valence-corrected chi connectivity index (χ3v) is 5.76. The third kappa shape index (κ3) is 3.60. The van der Waals surface area contributed by atoms with Crippen LogP contribution in [0, 0.1) is 6.92 Å². The minimum absolute atomic E-state index is 0.0994.